The van der Waals surface area contributed by atoms with Crippen molar-refractivity contribution < 1.29 is 22.7 Å². The summed E-state index contributed by atoms with van der Waals surface area (Å²) in [5.41, 5.74) is -0.642. The van der Waals surface area contributed by atoms with E-state index in [9.17, 15) is 18.0 Å². The number of aryl methyl sites for hydroxylation is 1. The Bertz CT molecular complexity index is 763. The van der Waals surface area contributed by atoms with E-state index in [1.807, 2.05) is 6.07 Å². The highest BCUT2D eigenvalue weighted by Crippen LogP contribution is 2.40. The van der Waals surface area contributed by atoms with Crippen LogP contribution in [-0.2, 0) is 10.9 Å². The first-order chi connectivity index (χ1) is 11.5. The Morgan fingerprint density at radius 3 is 2.12 bits per heavy atom. The maximum Gasteiger partial charge on any atom is 0.418 e. The van der Waals surface area contributed by atoms with Crippen LogP contribution in [0.25, 0.3) is 11.1 Å². The zero-order valence-corrected chi connectivity index (χ0v) is 14.5. The van der Waals surface area contributed by atoms with Crippen LogP contribution in [0.4, 0.5) is 23.7 Å². The van der Waals surface area contributed by atoms with E-state index in [-0.39, 0.29) is 11.3 Å². The number of benzene rings is 2. The first kappa shape index (κ1) is 18.8. The van der Waals surface area contributed by atoms with Crippen LogP contribution in [0.5, 0.6) is 0 Å². The molecule has 1 amide bonds. The van der Waals surface area contributed by atoms with Gasteiger partial charge in [0.25, 0.3) is 0 Å². The van der Waals surface area contributed by atoms with Gasteiger partial charge in [-0.05, 0) is 50.5 Å². The van der Waals surface area contributed by atoms with E-state index in [2.05, 4.69) is 5.32 Å². The van der Waals surface area contributed by atoms with Crippen LogP contribution in [0, 0.1) is 6.92 Å². The number of carbonyl (C=O) groups is 1. The Kier molecular flexibility index (Phi) is 5.11. The number of nitrogens with one attached hydrogen (secondary N) is 1. The summed E-state index contributed by atoms with van der Waals surface area (Å²) in [7, 11) is 0. The molecule has 1 N–H and O–H groups in total. The minimum atomic E-state index is -4.59. The van der Waals surface area contributed by atoms with Gasteiger partial charge >= 0.3 is 12.3 Å². The molecule has 0 aliphatic heterocycles. The summed E-state index contributed by atoms with van der Waals surface area (Å²) in [6, 6.07) is 11.8. The third kappa shape index (κ3) is 4.98. The molecular formula is C19H20F3NO2. The third-order valence-corrected chi connectivity index (χ3v) is 3.36. The maximum absolute atomic E-state index is 13.4. The van der Waals surface area contributed by atoms with Gasteiger partial charge in [-0.15, -0.1) is 0 Å². The summed E-state index contributed by atoms with van der Waals surface area (Å²) in [5.74, 6) is 0. The SMILES string of the molecule is Cc1cc(-c2ccccc2)cc(NC(=O)OC(C)(C)C)c1C(F)(F)F. The first-order valence-corrected chi connectivity index (χ1v) is 7.74. The first-order valence-electron chi connectivity index (χ1n) is 7.74. The molecule has 0 saturated carbocycles. The molecule has 0 aliphatic rings. The van der Waals surface area contributed by atoms with Gasteiger partial charge < -0.3 is 4.74 Å². The van der Waals surface area contributed by atoms with Gasteiger partial charge in [0.1, 0.15) is 5.60 Å². The predicted molar refractivity (Wildman–Crippen MR) is 91.5 cm³/mol. The average Bonchev–Trinajstić information content (AvgIpc) is 2.44. The van der Waals surface area contributed by atoms with Gasteiger partial charge in [0, 0.05) is 0 Å². The molecule has 6 heteroatoms. The van der Waals surface area contributed by atoms with Gasteiger partial charge in [0.15, 0.2) is 0 Å². The zero-order chi connectivity index (χ0) is 18.8. The van der Waals surface area contributed by atoms with E-state index in [1.54, 1.807) is 45.0 Å². The highest BCUT2D eigenvalue weighted by Gasteiger charge is 2.36. The highest BCUT2D eigenvalue weighted by molar-refractivity contribution is 5.88. The highest BCUT2D eigenvalue weighted by atomic mass is 19.4. The average molecular weight is 351 g/mol. The van der Waals surface area contributed by atoms with Crippen molar-refractivity contribution in [2.45, 2.75) is 39.5 Å². The van der Waals surface area contributed by atoms with Crippen LogP contribution in [0.1, 0.15) is 31.9 Å². The number of carbonyl (C=O) groups excluding carboxylic acids is 1. The van der Waals surface area contributed by atoms with Crippen molar-refractivity contribution in [2.24, 2.45) is 0 Å². The Morgan fingerprint density at radius 2 is 1.60 bits per heavy atom. The largest absolute Gasteiger partial charge is 0.444 e. The minimum absolute atomic E-state index is 0.0277. The van der Waals surface area contributed by atoms with Crippen molar-refractivity contribution in [1.29, 1.82) is 0 Å². The second-order valence-electron chi connectivity index (χ2n) is 6.71. The van der Waals surface area contributed by atoms with Gasteiger partial charge in [-0.2, -0.15) is 13.2 Å². The molecule has 3 nitrogen and oxygen atoms in total. The van der Waals surface area contributed by atoms with Gasteiger partial charge in [0.05, 0.1) is 11.3 Å². The Hall–Kier alpha value is -2.50. The number of halogens is 3. The monoisotopic (exact) mass is 351 g/mol. The standard InChI is InChI=1S/C19H20F3NO2/c1-12-10-14(13-8-6-5-7-9-13)11-15(16(12)19(20,21)22)23-17(24)25-18(2,3)4/h5-11H,1-4H3,(H,23,24). The van der Waals surface area contributed by atoms with E-state index in [4.69, 9.17) is 4.74 Å². The van der Waals surface area contributed by atoms with Crippen molar-refractivity contribution >= 4 is 11.8 Å². The molecule has 0 fully saturated rings. The topological polar surface area (TPSA) is 38.3 Å². The number of amides is 1. The molecule has 0 bridgehead atoms. The lowest BCUT2D eigenvalue weighted by Gasteiger charge is -2.22. The smallest absolute Gasteiger partial charge is 0.418 e. The van der Waals surface area contributed by atoms with Gasteiger partial charge in [-0.25, -0.2) is 4.79 Å². The van der Waals surface area contributed by atoms with Crippen molar-refractivity contribution in [3.8, 4) is 11.1 Å². The second-order valence-corrected chi connectivity index (χ2v) is 6.71. The normalized spacial score (nSPS) is 12.0. The molecule has 0 atom stereocenters. The number of rotatable bonds is 2. The summed E-state index contributed by atoms with van der Waals surface area (Å²) in [6.07, 6.45) is -5.52. The summed E-state index contributed by atoms with van der Waals surface area (Å²) in [5, 5.41) is 2.24. The lowest BCUT2D eigenvalue weighted by Crippen LogP contribution is -2.28. The fourth-order valence-corrected chi connectivity index (χ4v) is 2.47. The molecule has 0 unspecified atom stereocenters. The molecule has 25 heavy (non-hydrogen) atoms. The quantitative estimate of drug-likeness (QED) is 0.717. The second kappa shape index (κ2) is 6.78. The third-order valence-electron chi connectivity index (χ3n) is 3.36. The molecule has 134 valence electrons. The number of anilines is 1. The van der Waals surface area contributed by atoms with Crippen LogP contribution in [0.2, 0.25) is 0 Å². The lowest BCUT2D eigenvalue weighted by molar-refractivity contribution is -0.137. The van der Waals surface area contributed by atoms with Crippen molar-refractivity contribution in [3.05, 3.63) is 53.6 Å². The van der Waals surface area contributed by atoms with Crippen LogP contribution < -0.4 is 5.32 Å². The molecule has 2 aromatic rings. The van der Waals surface area contributed by atoms with Gasteiger partial charge in [-0.1, -0.05) is 36.4 Å². The molecule has 0 aliphatic carbocycles. The number of alkyl halides is 3. The molecule has 0 radical (unpaired) electrons. The van der Waals surface area contributed by atoms with Crippen molar-refractivity contribution in [2.75, 3.05) is 5.32 Å². The summed E-state index contributed by atoms with van der Waals surface area (Å²) >= 11 is 0. The molecular weight excluding hydrogens is 331 g/mol. The summed E-state index contributed by atoms with van der Waals surface area (Å²) in [6.45, 7) is 6.30. The van der Waals surface area contributed by atoms with Gasteiger partial charge in [0.2, 0.25) is 0 Å². The Balaban J connectivity index is 2.50. The number of ether oxygens (including phenoxy) is 1. The Morgan fingerprint density at radius 1 is 1.00 bits per heavy atom. The van der Waals surface area contributed by atoms with E-state index in [0.717, 1.165) is 5.56 Å². The fourth-order valence-electron chi connectivity index (χ4n) is 2.47. The summed E-state index contributed by atoms with van der Waals surface area (Å²) in [4.78, 5) is 12.0. The lowest BCUT2D eigenvalue weighted by atomic mass is 9.97. The van der Waals surface area contributed by atoms with Crippen molar-refractivity contribution in [1.82, 2.24) is 0 Å². The fraction of sp³-hybridized carbons (Fsp3) is 0.316. The number of hydrogen-bond acceptors (Lipinski definition) is 2. The minimum Gasteiger partial charge on any atom is -0.444 e. The van der Waals surface area contributed by atoms with Gasteiger partial charge in [-0.3, -0.25) is 5.32 Å². The molecule has 2 rings (SSSR count). The molecule has 0 spiro atoms. The predicted octanol–water partition coefficient (Wildman–Crippen LogP) is 6.03. The van der Waals surface area contributed by atoms with E-state index >= 15 is 0 Å². The van der Waals surface area contributed by atoms with Crippen LogP contribution >= 0.6 is 0 Å². The molecule has 0 saturated heterocycles. The van der Waals surface area contributed by atoms with E-state index in [0.29, 0.717) is 5.56 Å². The Labute approximate surface area is 144 Å². The van der Waals surface area contributed by atoms with Crippen molar-refractivity contribution in [3.63, 3.8) is 0 Å². The van der Waals surface area contributed by atoms with E-state index < -0.39 is 23.4 Å². The van der Waals surface area contributed by atoms with E-state index in [1.165, 1.54) is 19.1 Å². The van der Waals surface area contributed by atoms with Crippen LogP contribution in [-0.4, -0.2) is 11.7 Å². The van der Waals surface area contributed by atoms with Crippen LogP contribution in [0.15, 0.2) is 42.5 Å². The molecule has 2 aromatic carbocycles. The summed E-state index contributed by atoms with van der Waals surface area (Å²) < 4.78 is 45.4. The van der Waals surface area contributed by atoms with Crippen LogP contribution in [0.3, 0.4) is 0 Å². The maximum atomic E-state index is 13.4. The molecule has 0 heterocycles. The number of hydrogen-bond donors (Lipinski definition) is 1. The zero-order valence-electron chi connectivity index (χ0n) is 14.5. The molecule has 0 aromatic heterocycles.